The third-order valence-electron chi connectivity index (χ3n) is 3.84. The van der Waals surface area contributed by atoms with Crippen LogP contribution in [0.25, 0.3) is 6.08 Å². The Labute approximate surface area is 113 Å². The number of aliphatic hydroxyl groups is 1. The largest absolute Gasteiger partial charge is 0.494 e. The summed E-state index contributed by atoms with van der Waals surface area (Å²) in [6.07, 6.45) is 7.90. The van der Waals surface area contributed by atoms with Gasteiger partial charge in [-0.25, -0.2) is 4.39 Å². The molecule has 2 nitrogen and oxygen atoms in total. The molecule has 0 bridgehead atoms. The van der Waals surface area contributed by atoms with Gasteiger partial charge in [-0.1, -0.05) is 31.4 Å². The predicted molar refractivity (Wildman–Crippen MR) is 74.6 cm³/mol. The Hall–Kier alpha value is -1.35. The van der Waals surface area contributed by atoms with Crippen molar-refractivity contribution < 1.29 is 14.2 Å². The fraction of sp³-hybridized carbons (Fsp3) is 0.500. The first kappa shape index (κ1) is 14.1. The molecule has 104 valence electrons. The van der Waals surface area contributed by atoms with E-state index in [1.165, 1.54) is 32.4 Å². The second-order valence-electron chi connectivity index (χ2n) is 5.11. The minimum absolute atomic E-state index is 0.0539. The molecule has 0 amide bonds. The minimum atomic E-state index is -0.364. The van der Waals surface area contributed by atoms with Crippen LogP contribution in [0, 0.1) is 11.7 Å². The third-order valence-corrected chi connectivity index (χ3v) is 3.84. The molecule has 1 saturated carbocycles. The molecule has 0 radical (unpaired) electrons. The molecular weight excluding hydrogens is 243 g/mol. The monoisotopic (exact) mass is 264 g/mol. The Morgan fingerprint density at radius 2 is 2.11 bits per heavy atom. The summed E-state index contributed by atoms with van der Waals surface area (Å²) in [6.45, 7) is 0.0539. The Balaban J connectivity index is 2.19. The summed E-state index contributed by atoms with van der Waals surface area (Å²) in [6, 6.07) is 4.90. The average molecular weight is 264 g/mol. The van der Waals surface area contributed by atoms with Crippen molar-refractivity contribution in [2.24, 2.45) is 5.92 Å². The van der Waals surface area contributed by atoms with Gasteiger partial charge in [-0.15, -0.1) is 0 Å². The van der Waals surface area contributed by atoms with Crippen molar-refractivity contribution in [2.75, 3.05) is 13.7 Å². The second kappa shape index (κ2) is 6.71. The number of rotatable bonds is 4. The van der Waals surface area contributed by atoms with Crippen molar-refractivity contribution in [1.82, 2.24) is 0 Å². The highest BCUT2D eigenvalue weighted by Gasteiger charge is 2.17. The molecule has 19 heavy (non-hydrogen) atoms. The predicted octanol–water partition coefficient (Wildman–Crippen LogP) is 3.79. The zero-order valence-corrected chi connectivity index (χ0v) is 11.4. The fourth-order valence-electron chi connectivity index (χ4n) is 2.75. The fourth-order valence-corrected chi connectivity index (χ4v) is 2.75. The lowest BCUT2D eigenvalue weighted by Crippen LogP contribution is -2.11. The summed E-state index contributed by atoms with van der Waals surface area (Å²) in [7, 11) is 1.45. The molecule has 1 N–H and O–H groups in total. The number of hydrogen-bond donors (Lipinski definition) is 1. The molecule has 1 aromatic rings. The Morgan fingerprint density at radius 3 is 2.68 bits per heavy atom. The number of ether oxygens (including phenoxy) is 1. The zero-order valence-electron chi connectivity index (χ0n) is 11.4. The van der Waals surface area contributed by atoms with Gasteiger partial charge in [0.25, 0.3) is 0 Å². The van der Waals surface area contributed by atoms with Crippen LogP contribution >= 0.6 is 0 Å². The topological polar surface area (TPSA) is 29.5 Å². The minimum Gasteiger partial charge on any atom is -0.494 e. The van der Waals surface area contributed by atoms with Crippen LogP contribution in [0.15, 0.2) is 23.8 Å². The highest BCUT2D eigenvalue weighted by atomic mass is 19.1. The normalized spacial score (nSPS) is 17.5. The van der Waals surface area contributed by atoms with E-state index in [-0.39, 0.29) is 18.2 Å². The maximum absolute atomic E-state index is 13.6. The van der Waals surface area contributed by atoms with Gasteiger partial charge in [0.2, 0.25) is 0 Å². The molecular formula is C16H21FO2. The van der Waals surface area contributed by atoms with Gasteiger partial charge in [-0.3, -0.25) is 0 Å². The van der Waals surface area contributed by atoms with E-state index >= 15 is 0 Å². The first-order valence-corrected chi connectivity index (χ1v) is 6.89. The van der Waals surface area contributed by atoms with Gasteiger partial charge in [0.1, 0.15) is 0 Å². The SMILES string of the molecule is COc1ccc(C=C(CO)C2CCCCC2)cc1F. The van der Waals surface area contributed by atoms with Crippen LogP contribution in [0.3, 0.4) is 0 Å². The van der Waals surface area contributed by atoms with Crippen LogP contribution in [0.4, 0.5) is 4.39 Å². The number of hydrogen-bond acceptors (Lipinski definition) is 2. The molecule has 0 heterocycles. The third kappa shape index (κ3) is 3.57. The van der Waals surface area contributed by atoms with E-state index in [1.54, 1.807) is 6.07 Å². The van der Waals surface area contributed by atoms with Crippen LogP contribution in [0.2, 0.25) is 0 Å². The van der Waals surface area contributed by atoms with Crippen molar-refractivity contribution in [1.29, 1.82) is 0 Å². The Kier molecular flexibility index (Phi) is 4.97. The van der Waals surface area contributed by atoms with E-state index in [0.29, 0.717) is 5.92 Å². The number of methoxy groups -OCH3 is 1. The lowest BCUT2D eigenvalue weighted by Gasteiger charge is -2.23. The van der Waals surface area contributed by atoms with Crippen LogP contribution in [0.5, 0.6) is 5.75 Å². The summed E-state index contributed by atoms with van der Waals surface area (Å²) in [5, 5.41) is 9.52. The van der Waals surface area contributed by atoms with Gasteiger partial charge in [0, 0.05) is 0 Å². The Morgan fingerprint density at radius 1 is 1.37 bits per heavy atom. The molecule has 0 atom stereocenters. The van der Waals surface area contributed by atoms with Gasteiger partial charge in [0.05, 0.1) is 13.7 Å². The van der Waals surface area contributed by atoms with Crippen molar-refractivity contribution in [2.45, 2.75) is 32.1 Å². The van der Waals surface area contributed by atoms with Gasteiger partial charge < -0.3 is 9.84 Å². The van der Waals surface area contributed by atoms with Crippen LogP contribution in [-0.4, -0.2) is 18.8 Å². The maximum Gasteiger partial charge on any atom is 0.165 e. The molecule has 0 unspecified atom stereocenters. The molecule has 1 aliphatic rings. The van der Waals surface area contributed by atoms with Crippen LogP contribution in [-0.2, 0) is 0 Å². The molecule has 0 spiro atoms. The van der Waals surface area contributed by atoms with E-state index in [2.05, 4.69) is 0 Å². The standard InChI is InChI=1S/C16H21FO2/c1-19-16-8-7-12(10-15(16)17)9-14(11-18)13-5-3-2-4-6-13/h7-10,13,18H,2-6,11H2,1H3. The number of aliphatic hydroxyl groups excluding tert-OH is 1. The number of halogens is 1. The van der Waals surface area contributed by atoms with Crippen LogP contribution < -0.4 is 4.74 Å². The summed E-state index contributed by atoms with van der Waals surface area (Å²) in [5.74, 6) is 0.335. The second-order valence-corrected chi connectivity index (χ2v) is 5.11. The molecule has 0 aliphatic heterocycles. The van der Waals surface area contributed by atoms with Crippen molar-refractivity contribution in [3.05, 3.63) is 35.2 Å². The summed E-state index contributed by atoms with van der Waals surface area (Å²) < 4.78 is 18.5. The van der Waals surface area contributed by atoms with Gasteiger partial charge in [0.15, 0.2) is 11.6 Å². The first-order chi connectivity index (χ1) is 9.24. The van der Waals surface area contributed by atoms with E-state index < -0.39 is 0 Å². The highest BCUT2D eigenvalue weighted by Crippen LogP contribution is 2.31. The molecule has 2 rings (SSSR count). The van der Waals surface area contributed by atoms with Gasteiger partial charge in [-0.05, 0) is 42.0 Å². The average Bonchev–Trinajstić information content (AvgIpc) is 2.46. The summed E-state index contributed by atoms with van der Waals surface area (Å²) in [5.41, 5.74) is 1.80. The van der Waals surface area contributed by atoms with E-state index in [4.69, 9.17) is 4.74 Å². The van der Waals surface area contributed by atoms with Gasteiger partial charge in [-0.2, -0.15) is 0 Å². The maximum atomic E-state index is 13.6. The van der Waals surface area contributed by atoms with Crippen molar-refractivity contribution >= 4 is 6.08 Å². The zero-order chi connectivity index (χ0) is 13.7. The molecule has 1 aliphatic carbocycles. The molecule has 0 aromatic heterocycles. The number of benzene rings is 1. The lowest BCUT2D eigenvalue weighted by molar-refractivity contribution is 0.295. The molecule has 3 heteroatoms. The highest BCUT2D eigenvalue weighted by molar-refractivity contribution is 5.55. The first-order valence-electron chi connectivity index (χ1n) is 6.89. The quantitative estimate of drug-likeness (QED) is 0.896. The van der Waals surface area contributed by atoms with Crippen LogP contribution in [0.1, 0.15) is 37.7 Å². The molecule has 1 aromatic carbocycles. The molecule has 1 fully saturated rings. The van der Waals surface area contributed by atoms with Crippen molar-refractivity contribution in [3.8, 4) is 5.75 Å². The smallest absolute Gasteiger partial charge is 0.165 e. The summed E-state index contributed by atoms with van der Waals surface area (Å²) in [4.78, 5) is 0. The van der Waals surface area contributed by atoms with Crippen molar-refractivity contribution in [3.63, 3.8) is 0 Å². The Bertz CT molecular complexity index is 448. The lowest BCUT2D eigenvalue weighted by atomic mass is 9.83. The van der Waals surface area contributed by atoms with E-state index in [1.807, 2.05) is 12.1 Å². The molecule has 0 saturated heterocycles. The van der Waals surface area contributed by atoms with Gasteiger partial charge >= 0.3 is 0 Å². The summed E-state index contributed by atoms with van der Waals surface area (Å²) >= 11 is 0. The van der Waals surface area contributed by atoms with E-state index in [0.717, 1.165) is 24.0 Å². The van der Waals surface area contributed by atoms with E-state index in [9.17, 15) is 9.50 Å².